The average Bonchev–Trinajstić information content (AvgIpc) is 3.35. The summed E-state index contributed by atoms with van der Waals surface area (Å²) in [4.78, 5) is 12.2. The predicted octanol–water partition coefficient (Wildman–Crippen LogP) is 3.52. The summed E-state index contributed by atoms with van der Waals surface area (Å²) in [5, 5.41) is 0. The zero-order chi connectivity index (χ0) is 17.5. The lowest BCUT2D eigenvalue weighted by molar-refractivity contribution is -0.132. The third kappa shape index (κ3) is 2.65. The van der Waals surface area contributed by atoms with Gasteiger partial charge in [-0.1, -0.05) is 12.1 Å². The number of benzene rings is 2. The Morgan fingerprint density at radius 1 is 0.731 bits per heavy atom. The second kappa shape index (κ2) is 5.84. The molecule has 5 rings (SSSR count). The highest BCUT2D eigenvalue weighted by molar-refractivity contribution is 5.98. The van der Waals surface area contributed by atoms with Gasteiger partial charge in [0.1, 0.15) is 5.76 Å². The molecule has 0 N–H and O–H groups in total. The Hall–Kier alpha value is -3.41. The van der Waals surface area contributed by atoms with Crippen molar-refractivity contribution < 1.29 is 28.5 Å². The summed E-state index contributed by atoms with van der Waals surface area (Å²) in [6.45, 7) is 0.451. The van der Waals surface area contributed by atoms with E-state index in [4.69, 9.17) is 23.7 Å². The number of ether oxygens (including phenoxy) is 5. The molecule has 1 saturated heterocycles. The Balaban J connectivity index is 1.38. The quantitative estimate of drug-likeness (QED) is 0.610. The maximum Gasteiger partial charge on any atom is 0.339 e. The molecule has 2 aromatic carbocycles. The third-order valence-corrected chi connectivity index (χ3v) is 4.31. The van der Waals surface area contributed by atoms with Crippen molar-refractivity contribution in [1.82, 2.24) is 0 Å². The molecule has 0 radical (unpaired) electrons. The van der Waals surface area contributed by atoms with Crippen LogP contribution in [0.3, 0.4) is 0 Å². The summed E-state index contributed by atoms with van der Waals surface area (Å²) in [7, 11) is 0. The van der Waals surface area contributed by atoms with Crippen LogP contribution in [0.5, 0.6) is 23.0 Å². The van der Waals surface area contributed by atoms with Crippen molar-refractivity contribution in [3.05, 3.63) is 58.9 Å². The maximum atomic E-state index is 12.2. The van der Waals surface area contributed by atoms with Gasteiger partial charge in [-0.3, -0.25) is 0 Å². The van der Waals surface area contributed by atoms with E-state index in [0.717, 1.165) is 16.9 Å². The Kier molecular flexibility index (Phi) is 3.35. The minimum atomic E-state index is -0.338. The average molecular weight is 350 g/mol. The molecular formula is C20H14O6. The SMILES string of the molecule is O=C1O/C(=C/c2ccc3c(c2)OCO3)C/C1=C/c1ccc2c(c1)OCO2. The number of allylic oxidation sites excluding steroid dienone is 1. The molecule has 6 nitrogen and oxygen atoms in total. The van der Waals surface area contributed by atoms with Gasteiger partial charge in [0.05, 0.1) is 0 Å². The second-order valence-corrected chi connectivity index (χ2v) is 6.07. The summed E-state index contributed by atoms with van der Waals surface area (Å²) in [5.74, 6) is 3.07. The molecule has 0 bridgehead atoms. The van der Waals surface area contributed by atoms with Crippen molar-refractivity contribution >= 4 is 18.1 Å². The number of esters is 1. The van der Waals surface area contributed by atoms with Crippen molar-refractivity contribution in [3.63, 3.8) is 0 Å². The van der Waals surface area contributed by atoms with Crippen LogP contribution in [-0.4, -0.2) is 19.6 Å². The first kappa shape index (κ1) is 14.9. The van der Waals surface area contributed by atoms with Crippen molar-refractivity contribution in [3.8, 4) is 23.0 Å². The van der Waals surface area contributed by atoms with Gasteiger partial charge < -0.3 is 23.7 Å². The van der Waals surface area contributed by atoms with Crippen LogP contribution in [0.4, 0.5) is 0 Å². The lowest BCUT2D eigenvalue weighted by Crippen LogP contribution is -1.94. The van der Waals surface area contributed by atoms with Crippen LogP contribution in [0, 0.1) is 0 Å². The number of carbonyl (C=O) groups excluding carboxylic acids is 1. The van der Waals surface area contributed by atoms with E-state index in [0.29, 0.717) is 35.0 Å². The Morgan fingerprint density at radius 3 is 1.96 bits per heavy atom. The van der Waals surface area contributed by atoms with Crippen LogP contribution >= 0.6 is 0 Å². The number of cyclic esters (lactones) is 1. The number of hydrogen-bond acceptors (Lipinski definition) is 6. The molecule has 0 unspecified atom stereocenters. The van der Waals surface area contributed by atoms with Crippen LogP contribution in [0.15, 0.2) is 47.7 Å². The molecule has 0 aromatic heterocycles. The van der Waals surface area contributed by atoms with Crippen molar-refractivity contribution in [1.29, 1.82) is 0 Å². The first-order valence-corrected chi connectivity index (χ1v) is 8.17. The van der Waals surface area contributed by atoms with Crippen LogP contribution < -0.4 is 18.9 Å². The molecular weight excluding hydrogens is 336 g/mol. The predicted molar refractivity (Wildman–Crippen MR) is 91.8 cm³/mol. The van der Waals surface area contributed by atoms with Gasteiger partial charge in [-0.2, -0.15) is 0 Å². The molecule has 3 aliphatic rings. The maximum absolute atomic E-state index is 12.2. The van der Waals surface area contributed by atoms with E-state index >= 15 is 0 Å². The summed E-state index contributed by atoms with van der Waals surface area (Å²) in [6, 6.07) is 11.2. The highest BCUT2D eigenvalue weighted by Gasteiger charge is 2.25. The monoisotopic (exact) mass is 350 g/mol. The summed E-state index contributed by atoms with van der Waals surface area (Å²) >= 11 is 0. The summed E-state index contributed by atoms with van der Waals surface area (Å²) in [5.41, 5.74) is 2.35. The number of rotatable bonds is 2. The fraction of sp³-hybridized carbons (Fsp3) is 0.150. The van der Waals surface area contributed by atoms with E-state index in [2.05, 4.69) is 0 Å². The van der Waals surface area contributed by atoms with Gasteiger partial charge in [0.2, 0.25) is 13.6 Å². The molecule has 0 aliphatic carbocycles. The van der Waals surface area contributed by atoms with Gasteiger partial charge in [-0.25, -0.2) is 4.79 Å². The third-order valence-electron chi connectivity index (χ3n) is 4.31. The van der Waals surface area contributed by atoms with Gasteiger partial charge in [0.25, 0.3) is 0 Å². The number of hydrogen-bond donors (Lipinski definition) is 0. The summed E-state index contributed by atoms with van der Waals surface area (Å²) in [6.07, 6.45) is 4.08. The zero-order valence-electron chi connectivity index (χ0n) is 13.7. The van der Waals surface area contributed by atoms with Crippen molar-refractivity contribution in [2.75, 3.05) is 13.6 Å². The zero-order valence-corrected chi connectivity index (χ0v) is 13.7. The van der Waals surface area contributed by atoms with Gasteiger partial charge in [-0.15, -0.1) is 0 Å². The van der Waals surface area contributed by atoms with E-state index in [1.807, 2.05) is 48.6 Å². The molecule has 26 heavy (non-hydrogen) atoms. The normalized spacial score (nSPS) is 20.1. The first-order valence-electron chi connectivity index (χ1n) is 8.17. The number of fused-ring (bicyclic) bond motifs is 2. The van der Waals surface area contributed by atoms with E-state index in [-0.39, 0.29) is 19.6 Å². The largest absolute Gasteiger partial charge is 0.454 e. The smallest absolute Gasteiger partial charge is 0.339 e. The van der Waals surface area contributed by atoms with Crippen LogP contribution in [0.25, 0.3) is 12.2 Å². The highest BCUT2D eigenvalue weighted by atomic mass is 16.7. The van der Waals surface area contributed by atoms with E-state index in [1.54, 1.807) is 0 Å². The lowest BCUT2D eigenvalue weighted by atomic mass is 10.1. The molecule has 2 aromatic rings. The van der Waals surface area contributed by atoms with Crippen LogP contribution in [-0.2, 0) is 9.53 Å². The molecule has 0 atom stereocenters. The van der Waals surface area contributed by atoms with Gasteiger partial charge in [0, 0.05) is 12.0 Å². The Labute approximate surface area is 149 Å². The van der Waals surface area contributed by atoms with Crippen molar-refractivity contribution in [2.24, 2.45) is 0 Å². The molecule has 0 spiro atoms. The van der Waals surface area contributed by atoms with E-state index < -0.39 is 0 Å². The van der Waals surface area contributed by atoms with E-state index in [9.17, 15) is 4.79 Å². The molecule has 1 fully saturated rings. The van der Waals surface area contributed by atoms with Crippen LogP contribution in [0.1, 0.15) is 17.5 Å². The first-order chi connectivity index (χ1) is 12.7. The van der Waals surface area contributed by atoms with Gasteiger partial charge >= 0.3 is 5.97 Å². The lowest BCUT2D eigenvalue weighted by Gasteiger charge is -1.99. The second-order valence-electron chi connectivity index (χ2n) is 6.07. The molecule has 130 valence electrons. The highest BCUT2D eigenvalue weighted by Crippen LogP contribution is 2.36. The standard InChI is InChI=1S/C20H14O6/c21-20-14(5-12-1-3-16-18(7-12)24-10-22-16)9-15(26-20)6-13-2-4-17-19(8-13)25-11-23-17/h1-8H,9-11H2/b14-5-,15-6+. The van der Waals surface area contributed by atoms with Crippen molar-refractivity contribution in [2.45, 2.75) is 6.42 Å². The topological polar surface area (TPSA) is 63.2 Å². The minimum absolute atomic E-state index is 0.222. The molecule has 0 amide bonds. The van der Waals surface area contributed by atoms with Gasteiger partial charge in [-0.05, 0) is 47.5 Å². The number of carbonyl (C=O) groups is 1. The summed E-state index contributed by atoms with van der Waals surface area (Å²) < 4.78 is 26.7. The Morgan fingerprint density at radius 2 is 1.31 bits per heavy atom. The van der Waals surface area contributed by atoms with Gasteiger partial charge in [0.15, 0.2) is 23.0 Å². The molecule has 3 heterocycles. The molecule has 6 heteroatoms. The Bertz CT molecular complexity index is 972. The minimum Gasteiger partial charge on any atom is -0.454 e. The molecule has 0 saturated carbocycles. The van der Waals surface area contributed by atoms with Crippen LogP contribution in [0.2, 0.25) is 0 Å². The molecule has 3 aliphatic heterocycles. The fourth-order valence-electron chi connectivity index (χ4n) is 3.06. The van der Waals surface area contributed by atoms with E-state index in [1.165, 1.54) is 0 Å². The fourth-order valence-corrected chi connectivity index (χ4v) is 3.06.